The lowest BCUT2D eigenvalue weighted by atomic mass is 9.93. The summed E-state index contributed by atoms with van der Waals surface area (Å²) in [5.74, 6) is 0.868. The van der Waals surface area contributed by atoms with Gasteiger partial charge in [-0.25, -0.2) is 0 Å². The number of rotatable bonds is 49. The molecule has 0 N–H and O–H groups in total. The Labute approximate surface area is 368 Å². The third kappa shape index (κ3) is 44.0. The molecule has 3 heteroatoms. The van der Waals surface area contributed by atoms with Crippen LogP contribution in [-0.4, -0.2) is 50.0 Å². The van der Waals surface area contributed by atoms with Gasteiger partial charge in [-0.15, -0.1) is 0 Å². The van der Waals surface area contributed by atoms with Crippen molar-refractivity contribution in [1.29, 1.82) is 0 Å². The van der Waals surface area contributed by atoms with Crippen molar-refractivity contribution in [2.45, 2.75) is 316 Å². The van der Waals surface area contributed by atoms with Crippen molar-refractivity contribution < 1.29 is 9.47 Å². The van der Waals surface area contributed by atoms with Gasteiger partial charge in [-0.05, 0) is 79.3 Å². The molecule has 0 spiro atoms. The van der Waals surface area contributed by atoms with Gasteiger partial charge in [0.1, 0.15) is 0 Å². The van der Waals surface area contributed by atoms with Gasteiger partial charge >= 0.3 is 0 Å². The van der Waals surface area contributed by atoms with Gasteiger partial charge in [0.2, 0.25) is 0 Å². The maximum Gasteiger partial charge on any atom is 0.0644 e. The summed E-state index contributed by atoms with van der Waals surface area (Å²) in [6.45, 7) is 16.7. The first-order valence-electron chi connectivity index (χ1n) is 27.0. The van der Waals surface area contributed by atoms with Crippen molar-refractivity contribution in [3.8, 4) is 0 Å². The quantitative estimate of drug-likeness (QED) is 0.0571. The summed E-state index contributed by atoms with van der Waals surface area (Å²) >= 11 is 0. The first-order valence-corrected chi connectivity index (χ1v) is 27.0. The second-order valence-corrected chi connectivity index (χ2v) is 20.7. The molecule has 0 aromatic carbocycles. The summed E-state index contributed by atoms with van der Waals surface area (Å²) in [4.78, 5) is 2.65. The fourth-order valence-corrected chi connectivity index (χ4v) is 9.05. The molecular weight excluding hydrogens is 707 g/mol. The molecule has 0 aromatic rings. The minimum Gasteiger partial charge on any atom is -0.379 e. The molecule has 0 heterocycles. The van der Waals surface area contributed by atoms with E-state index in [1.165, 1.54) is 264 Å². The average Bonchev–Trinajstić information content (AvgIpc) is 3.19. The fourth-order valence-electron chi connectivity index (χ4n) is 9.05. The Morgan fingerprint density at radius 2 is 0.672 bits per heavy atom. The Kier molecular flexibility index (Phi) is 43.4. The van der Waals surface area contributed by atoms with E-state index in [1.807, 2.05) is 0 Å². The molecule has 0 bridgehead atoms. The molecule has 0 amide bonds. The van der Waals surface area contributed by atoms with Crippen LogP contribution in [0.5, 0.6) is 0 Å². The maximum absolute atomic E-state index is 6.32. The Morgan fingerprint density at radius 1 is 0.379 bits per heavy atom. The van der Waals surface area contributed by atoms with Gasteiger partial charge in [-0.2, -0.15) is 0 Å². The van der Waals surface area contributed by atoms with E-state index < -0.39 is 0 Å². The topological polar surface area (TPSA) is 21.7 Å². The molecule has 0 aromatic heterocycles. The van der Waals surface area contributed by atoms with Gasteiger partial charge < -0.3 is 14.4 Å². The van der Waals surface area contributed by atoms with Crippen molar-refractivity contribution in [3.05, 3.63) is 0 Å². The van der Waals surface area contributed by atoms with Crippen LogP contribution in [0.1, 0.15) is 305 Å². The Balaban J connectivity index is 4.22. The molecule has 0 fully saturated rings. The molecule has 0 saturated carbocycles. The first kappa shape index (κ1) is 57.9. The molecule has 0 aliphatic rings. The number of unbranched alkanes of at least 4 members (excludes halogenated alkanes) is 34. The van der Waals surface area contributed by atoms with Crippen molar-refractivity contribution >= 4 is 0 Å². The number of methoxy groups -OCH3 is 1. The van der Waals surface area contributed by atoms with E-state index in [4.69, 9.17) is 9.47 Å². The summed E-state index contributed by atoms with van der Waals surface area (Å²) in [5.41, 5.74) is -0.173. The minimum absolute atomic E-state index is 0.0655. The fraction of sp³-hybridized carbons (Fsp3) is 1.00. The van der Waals surface area contributed by atoms with Gasteiger partial charge in [0, 0.05) is 13.7 Å². The van der Waals surface area contributed by atoms with Crippen LogP contribution in [0.15, 0.2) is 0 Å². The highest BCUT2D eigenvalue weighted by atomic mass is 16.5. The standard InChI is InChI=1S/C55H113NO2/c1-9-11-13-15-17-19-21-23-25-27-29-31-33-35-37-39-41-43-46-53(52-56(7)50-45-48-55(5,6)58-51-49-54(3,4)57-8)47-44-42-40-38-36-34-32-30-28-26-24-22-20-18-16-14-12-10-2/h53H,9-52H2,1-8H3. The molecule has 0 rings (SSSR count). The predicted octanol–water partition coefficient (Wildman–Crippen LogP) is 18.8. The number of nitrogens with zero attached hydrogens (tertiary/aromatic N) is 1. The van der Waals surface area contributed by atoms with Gasteiger partial charge in [-0.3, -0.25) is 0 Å². The van der Waals surface area contributed by atoms with Crippen LogP contribution >= 0.6 is 0 Å². The summed E-state index contributed by atoms with van der Waals surface area (Å²) in [5, 5.41) is 0. The lowest BCUT2D eigenvalue weighted by Gasteiger charge is -2.30. The van der Waals surface area contributed by atoms with Crippen molar-refractivity contribution in [1.82, 2.24) is 4.90 Å². The summed E-state index contributed by atoms with van der Waals surface area (Å²) in [6, 6.07) is 0. The highest BCUT2D eigenvalue weighted by Crippen LogP contribution is 2.24. The SMILES string of the molecule is CCCCCCCCCCCCCCCCCCCCC(CCCCCCCCCCCCCCCCCCCC)CN(C)CCCC(C)(C)OCCC(C)(C)OC. The molecule has 3 nitrogen and oxygen atoms in total. The lowest BCUT2D eigenvalue weighted by Crippen LogP contribution is -2.32. The van der Waals surface area contributed by atoms with Crippen LogP contribution in [0.4, 0.5) is 0 Å². The molecule has 0 radical (unpaired) electrons. The monoisotopic (exact) mass is 820 g/mol. The van der Waals surface area contributed by atoms with Crippen LogP contribution in [-0.2, 0) is 9.47 Å². The molecule has 0 aliphatic heterocycles. The second kappa shape index (κ2) is 43.5. The van der Waals surface area contributed by atoms with E-state index in [-0.39, 0.29) is 11.2 Å². The van der Waals surface area contributed by atoms with Gasteiger partial charge in [0.15, 0.2) is 0 Å². The molecule has 0 unspecified atom stereocenters. The third-order valence-electron chi connectivity index (χ3n) is 13.6. The van der Waals surface area contributed by atoms with E-state index in [1.54, 1.807) is 7.11 Å². The predicted molar refractivity (Wildman–Crippen MR) is 263 cm³/mol. The summed E-state index contributed by atoms with van der Waals surface area (Å²) in [6.07, 6.45) is 58.7. The lowest BCUT2D eigenvalue weighted by molar-refractivity contribution is -0.0623. The summed E-state index contributed by atoms with van der Waals surface area (Å²) < 4.78 is 11.9. The van der Waals surface area contributed by atoms with Crippen molar-refractivity contribution in [2.24, 2.45) is 5.92 Å². The first-order chi connectivity index (χ1) is 28.2. The molecule has 0 atom stereocenters. The molecule has 0 saturated heterocycles. The second-order valence-electron chi connectivity index (χ2n) is 20.7. The molecular formula is C55H113NO2. The van der Waals surface area contributed by atoms with Gasteiger partial charge in [-0.1, -0.05) is 245 Å². The molecule has 58 heavy (non-hydrogen) atoms. The largest absolute Gasteiger partial charge is 0.379 e. The van der Waals surface area contributed by atoms with Crippen LogP contribution < -0.4 is 0 Å². The highest BCUT2D eigenvalue weighted by molar-refractivity contribution is 4.73. The van der Waals surface area contributed by atoms with E-state index in [9.17, 15) is 0 Å². The Bertz CT molecular complexity index is 740. The molecule has 0 aliphatic carbocycles. The van der Waals surface area contributed by atoms with Gasteiger partial charge in [0.25, 0.3) is 0 Å². The zero-order valence-corrected chi connectivity index (χ0v) is 42.0. The van der Waals surface area contributed by atoms with Crippen LogP contribution in [0.2, 0.25) is 0 Å². The van der Waals surface area contributed by atoms with E-state index in [2.05, 4.69) is 53.5 Å². The van der Waals surface area contributed by atoms with E-state index in [0.717, 1.165) is 25.4 Å². The number of hydrogen-bond acceptors (Lipinski definition) is 3. The summed E-state index contributed by atoms with van der Waals surface area (Å²) in [7, 11) is 4.19. The van der Waals surface area contributed by atoms with Crippen molar-refractivity contribution in [3.63, 3.8) is 0 Å². The van der Waals surface area contributed by atoms with Gasteiger partial charge in [0.05, 0.1) is 17.8 Å². The van der Waals surface area contributed by atoms with Crippen LogP contribution in [0.3, 0.4) is 0 Å². The Morgan fingerprint density at radius 3 is 0.966 bits per heavy atom. The highest BCUT2D eigenvalue weighted by Gasteiger charge is 2.22. The number of ether oxygens (including phenoxy) is 2. The average molecular weight is 821 g/mol. The van der Waals surface area contributed by atoms with Crippen molar-refractivity contribution in [2.75, 3.05) is 33.9 Å². The number of hydrogen-bond donors (Lipinski definition) is 0. The Hall–Kier alpha value is -0.120. The maximum atomic E-state index is 6.32. The van der Waals surface area contributed by atoms with E-state index >= 15 is 0 Å². The normalized spacial score (nSPS) is 12.5. The van der Waals surface area contributed by atoms with E-state index in [0.29, 0.717) is 0 Å². The van der Waals surface area contributed by atoms with Crippen LogP contribution in [0, 0.1) is 5.92 Å². The minimum atomic E-state index is -0.108. The van der Waals surface area contributed by atoms with Crippen LogP contribution in [0.25, 0.3) is 0 Å². The third-order valence-corrected chi connectivity index (χ3v) is 13.6. The smallest absolute Gasteiger partial charge is 0.0644 e. The zero-order chi connectivity index (χ0) is 42.7. The zero-order valence-electron chi connectivity index (χ0n) is 42.0. The molecule has 350 valence electrons.